The first kappa shape index (κ1) is 7.47. The van der Waals surface area contributed by atoms with Crippen LogP contribution in [0.1, 0.15) is 30.7 Å². The molecule has 3 N–H and O–H groups in total. The molecule has 1 fully saturated rings. The number of phenolic OH excluding ortho intramolecular Hbond substituents is 1. The van der Waals surface area contributed by atoms with Crippen molar-refractivity contribution in [3.63, 3.8) is 0 Å². The summed E-state index contributed by atoms with van der Waals surface area (Å²) in [6, 6.07) is 5.51. The molecule has 0 atom stereocenters. The summed E-state index contributed by atoms with van der Waals surface area (Å²) < 4.78 is 0. The fourth-order valence-electron chi connectivity index (χ4n) is 1.65. The van der Waals surface area contributed by atoms with E-state index < -0.39 is 0 Å². The number of anilines is 1. The molecule has 1 aromatic rings. The molecular weight excluding hydrogens is 150 g/mol. The summed E-state index contributed by atoms with van der Waals surface area (Å²) in [4.78, 5) is 0. The summed E-state index contributed by atoms with van der Waals surface area (Å²) in [6.07, 6.45) is 3.72. The predicted octanol–water partition coefficient (Wildman–Crippen LogP) is 2.24. The van der Waals surface area contributed by atoms with Crippen LogP contribution in [0.5, 0.6) is 5.75 Å². The molecule has 0 saturated heterocycles. The van der Waals surface area contributed by atoms with Gasteiger partial charge in [-0.2, -0.15) is 0 Å². The molecular formula is C10H13NO. The lowest BCUT2D eigenvalue weighted by Gasteiger charge is -2.27. The largest absolute Gasteiger partial charge is 0.506 e. The van der Waals surface area contributed by atoms with Gasteiger partial charge in [0.25, 0.3) is 0 Å². The Bertz CT molecular complexity index is 292. The van der Waals surface area contributed by atoms with Crippen molar-refractivity contribution in [2.75, 3.05) is 5.73 Å². The van der Waals surface area contributed by atoms with Crippen LogP contribution in [-0.2, 0) is 0 Å². The summed E-state index contributed by atoms with van der Waals surface area (Å²) in [5.41, 5.74) is 7.44. The molecule has 1 aliphatic rings. The van der Waals surface area contributed by atoms with Gasteiger partial charge in [0.15, 0.2) is 0 Å². The van der Waals surface area contributed by atoms with Crippen molar-refractivity contribution >= 4 is 5.69 Å². The smallest absolute Gasteiger partial charge is 0.138 e. The second-order valence-electron chi connectivity index (χ2n) is 3.41. The Kier molecular flexibility index (Phi) is 1.68. The number of nitrogen functional groups attached to an aromatic ring is 1. The Morgan fingerprint density at radius 3 is 2.67 bits per heavy atom. The molecule has 12 heavy (non-hydrogen) atoms. The zero-order valence-electron chi connectivity index (χ0n) is 6.96. The van der Waals surface area contributed by atoms with Crippen molar-refractivity contribution in [3.8, 4) is 5.75 Å². The minimum Gasteiger partial charge on any atom is -0.506 e. The van der Waals surface area contributed by atoms with E-state index in [1.54, 1.807) is 6.07 Å². The number of aromatic hydroxyl groups is 1. The molecule has 1 aliphatic carbocycles. The number of nitrogens with two attached hydrogens (primary N) is 1. The zero-order chi connectivity index (χ0) is 8.55. The minimum absolute atomic E-state index is 0.222. The minimum atomic E-state index is 0.222. The van der Waals surface area contributed by atoms with Gasteiger partial charge in [-0.3, -0.25) is 0 Å². The summed E-state index contributed by atoms with van der Waals surface area (Å²) in [5.74, 6) is 0.816. The third-order valence-electron chi connectivity index (χ3n) is 2.66. The van der Waals surface area contributed by atoms with Crippen LogP contribution in [-0.4, -0.2) is 5.11 Å². The van der Waals surface area contributed by atoms with Crippen LogP contribution in [0.4, 0.5) is 5.69 Å². The normalized spacial score (nSPS) is 17.3. The van der Waals surface area contributed by atoms with Crippen LogP contribution < -0.4 is 5.73 Å². The summed E-state index contributed by atoms with van der Waals surface area (Å²) in [7, 11) is 0. The predicted molar refractivity (Wildman–Crippen MR) is 49.1 cm³/mol. The molecule has 0 aliphatic heterocycles. The number of benzene rings is 1. The van der Waals surface area contributed by atoms with E-state index in [2.05, 4.69) is 0 Å². The van der Waals surface area contributed by atoms with Crippen molar-refractivity contribution < 1.29 is 5.11 Å². The van der Waals surface area contributed by atoms with Gasteiger partial charge in [-0.25, -0.2) is 0 Å². The van der Waals surface area contributed by atoms with Crippen LogP contribution in [0.25, 0.3) is 0 Å². The molecule has 0 aromatic heterocycles. The second-order valence-corrected chi connectivity index (χ2v) is 3.41. The number of hydrogen-bond acceptors (Lipinski definition) is 2. The first-order chi connectivity index (χ1) is 5.79. The van der Waals surface area contributed by atoms with E-state index >= 15 is 0 Å². The van der Waals surface area contributed by atoms with E-state index in [0.29, 0.717) is 11.6 Å². The van der Waals surface area contributed by atoms with E-state index in [0.717, 1.165) is 5.56 Å². The highest BCUT2D eigenvalue weighted by Crippen LogP contribution is 2.41. The maximum absolute atomic E-state index is 9.34. The van der Waals surface area contributed by atoms with Crippen molar-refractivity contribution in [2.45, 2.75) is 25.2 Å². The standard InChI is InChI=1S/C10H13NO/c11-10-8(7-3-1-4-7)5-2-6-9(10)12/h2,5-7,12H,1,3-4,11H2. The van der Waals surface area contributed by atoms with Gasteiger partial charge in [0.1, 0.15) is 5.75 Å². The van der Waals surface area contributed by atoms with E-state index in [1.807, 2.05) is 12.1 Å². The van der Waals surface area contributed by atoms with Gasteiger partial charge in [-0.1, -0.05) is 18.6 Å². The molecule has 64 valence electrons. The Labute approximate surface area is 72.0 Å². The van der Waals surface area contributed by atoms with Crippen LogP contribution >= 0.6 is 0 Å². The number of para-hydroxylation sites is 1. The molecule has 2 rings (SSSR count). The average molecular weight is 163 g/mol. The van der Waals surface area contributed by atoms with Crippen molar-refractivity contribution in [2.24, 2.45) is 0 Å². The van der Waals surface area contributed by atoms with Gasteiger partial charge >= 0.3 is 0 Å². The van der Waals surface area contributed by atoms with Gasteiger partial charge in [0.2, 0.25) is 0 Å². The molecule has 2 nitrogen and oxygen atoms in total. The Hall–Kier alpha value is -1.18. The SMILES string of the molecule is Nc1c(O)cccc1C1CCC1. The molecule has 1 saturated carbocycles. The summed E-state index contributed by atoms with van der Waals surface area (Å²) in [5, 5.41) is 9.34. The van der Waals surface area contributed by atoms with Crippen molar-refractivity contribution in [1.29, 1.82) is 0 Å². The highest BCUT2D eigenvalue weighted by molar-refractivity contribution is 5.59. The summed E-state index contributed by atoms with van der Waals surface area (Å²) >= 11 is 0. The van der Waals surface area contributed by atoms with Crippen LogP contribution in [0, 0.1) is 0 Å². The molecule has 0 heterocycles. The van der Waals surface area contributed by atoms with Crippen LogP contribution in [0.2, 0.25) is 0 Å². The highest BCUT2D eigenvalue weighted by atomic mass is 16.3. The quantitative estimate of drug-likeness (QED) is 0.492. The van der Waals surface area contributed by atoms with Gasteiger partial charge < -0.3 is 10.8 Å². The molecule has 0 amide bonds. The lowest BCUT2D eigenvalue weighted by molar-refractivity contribution is 0.417. The molecule has 0 unspecified atom stereocenters. The highest BCUT2D eigenvalue weighted by Gasteiger charge is 2.22. The molecule has 0 bridgehead atoms. The topological polar surface area (TPSA) is 46.2 Å². The maximum atomic E-state index is 9.34. The first-order valence-electron chi connectivity index (χ1n) is 4.36. The van der Waals surface area contributed by atoms with Crippen molar-refractivity contribution in [1.82, 2.24) is 0 Å². The third kappa shape index (κ3) is 1.04. The van der Waals surface area contributed by atoms with Crippen LogP contribution in [0.3, 0.4) is 0 Å². The Balaban J connectivity index is 2.36. The van der Waals surface area contributed by atoms with Gasteiger partial charge in [-0.05, 0) is 30.4 Å². The van der Waals surface area contributed by atoms with E-state index in [-0.39, 0.29) is 5.75 Å². The molecule has 2 heteroatoms. The van der Waals surface area contributed by atoms with Gasteiger partial charge in [0.05, 0.1) is 5.69 Å². The van der Waals surface area contributed by atoms with Gasteiger partial charge in [-0.15, -0.1) is 0 Å². The monoisotopic (exact) mass is 163 g/mol. The fourth-order valence-corrected chi connectivity index (χ4v) is 1.65. The van der Waals surface area contributed by atoms with E-state index in [9.17, 15) is 5.11 Å². The number of rotatable bonds is 1. The van der Waals surface area contributed by atoms with Crippen LogP contribution in [0.15, 0.2) is 18.2 Å². The van der Waals surface area contributed by atoms with Crippen molar-refractivity contribution in [3.05, 3.63) is 23.8 Å². The lowest BCUT2D eigenvalue weighted by atomic mass is 9.79. The molecule has 0 spiro atoms. The zero-order valence-corrected chi connectivity index (χ0v) is 6.96. The number of hydrogen-bond donors (Lipinski definition) is 2. The Morgan fingerprint density at radius 2 is 2.08 bits per heavy atom. The summed E-state index contributed by atoms with van der Waals surface area (Å²) in [6.45, 7) is 0. The Morgan fingerprint density at radius 1 is 1.33 bits per heavy atom. The van der Waals surface area contributed by atoms with E-state index in [4.69, 9.17) is 5.73 Å². The maximum Gasteiger partial charge on any atom is 0.138 e. The average Bonchev–Trinajstić information content (AvgIpc) is 1.95. The van der Waals surface area contributed by atoms with E-state index in [1.165, 1.54) is 19.3 Å². The first-order valence-corrected chi connectivity index (χ1v) is 4.36. The molecule has 0 radical (unpaired) electrons. The fraction of sp³-hybridized carbons (Fsp3) is 0.400. The lowest BCUT2D eigenvalue weighted by Crippen LogP contribution is -2.10. The van der Waals surface area contributed by atoms with Gasteiger partial charge in [0, 0.05) is 0 Å². The third-order valence-corrected chi connectivity index (χ3v) is 2.66. The second kappa shape index (κ2) is 2.70. The number of phenols is 1. The molecule has 1 aromatic carbocycles.